The molecule has 1 atom stereocenters. The van der Waals surface area contributed by atoms with Crippen molar-refractivity contribution in [3.05, 3.63) is 29.8 Å². The molecular weight excluding hydrogens is 194 g/mol. The van der Waals surface area contributed by atoms with Gasteiger partial charge in [-0.15, -0.1) is 0 Å². The topological polar surface area (TPSA) is 72.5 Å². The summed E-state index contributed by atoms with van der Waals surface area (Å²) in [4.78, 5) is 11.4. The second-order valence-corrected chi connectivity index (χ2v) is 3.52. The normalized spacial score (nSPS) is 12.5. The Balaban J connectivity index is 2.81. The van der Waals surface area contributed by atoms with Crippen LogP contribution in [0.3, 0.4) is 0 Å². The van der Waals surface area contributed by atoms with Crippen molar-refractivity contribution in [1.29, 1.82) is 0 Å². The number of aromatic hydroxyl groups is 1. The average Bonchev–Trinajstić information content (AvgIpc) is 2.16. The molecular formula is C11H15NO3. The van der Waals surface area contributed by atoms with Crippen LogP contribution in [0.2, 0.25) is 0 Å². The van der Waals surface area contributed by atoms with E-state index in [1.54, 1.807) is 32.0 Å². The molecule has 1 unspecified atom stereocenters. The van der Waals surface area contributed by atoms with Gasteiger partial charge in [0, 0.05) is 5.56 Å². The third kappa shape index (κ3) is 2.95. The van der Waals surface area contributed by atoms with Crippen LogP contribution in [0.25, 0.3) is 0 Å². The number of para-hydroxylation sites is 1. The highest BCUT2D eigenvalue weighted by molar-refractivity contribution is 5.78. The lowest BCUT2D eigenvalue weighted by Crippen LogP contribution is -2.26. The van der Waals surface area contributed by atoms with Crippen LogP contribution >= 0.6 is 0 Å². The van der Waals surface area contributed by atoms with Crippen LogP contribution in [-0.2, 0) is 9.53 Å². The Morgan fingerprint density at radius 1 is 1.40 bits per heavy atom. The SMILES string of the molecule is CC(C)OC(=O)C(N)c1ccccc1O. The molecule has 0 saturated carbocycles. The maximum atomic E-state index is 11.4. The zero-order valence-electron chi connectivity index (χ0n) is 8.81. The Morgan fingerprint density at radius 2 is 2.00 bits per heavy atom. The molecule has 4 nitrogen and oxygen atoms in total. The number of rotatable bonds is 3. The lowest BCUT2D eigenvalue weighted by Gasteiger charge is -2.14. The van der Waals surface area contributed by atoms with E-state index in [0.29, 0.717) is 5.56 Å². The minimum absolute atomic E-state index is 0.00528. The zero-order valence-corrected chi connectivity index (χ0v) is 8.81. The second kappa shape index (κ2) is 4.79. The molecule has 82 valence electrons. The number of carbonyl (C=O) groups is 1. The fourth-order valence-corrected chi connectivity index (χ4v) is 1.18. The molecule has 0 aliphatic rings. The monoisotopic (exact) mass is 209 g/mol. The quantitative estimate of drug-likeness (QED) is 0.737. The Morgan fingerprint density at radius 3 is 2.53 bits per heavy atom. The molecule has 0 spiro atoms. The van der Waals surface area contributed by atoms with Crippen LogP contribution in [0.4, 0.5) is 0 Å². The van der Waals surface area contributed by atoms with E-state index in [1.165, 1.54) is 6.07 Å². The zero-order chi connectivity index (χ0) is 11.4. The Bertz CT molecular complexity index is 349. The summed E-state index contributed by atoms with van der Waals surface area (Å²) in [5, 5.41) is 9.48. The fraction of sp³-hybridized carbons (Fsp3) is 0.364. The highest BCUT2D eigenvalue weighted by atomic mass is 16.5. The van der Waals surface area contributed by atoms with Gasteiger partial charge in [-0.25, -0.2) is 4.79 Å². The number of esters is 1. The molecule has 0 aliphatic carbocycles. The third-order valence-corrected chi connectivity index (χ3v) is 1.88. The molecule has 0 radical (unpaired) electrons. The Hall–Kier alpha value is -1.55. The van der Waals surface area contributed by atoms with Gasteiger partial charge in [0.2, 0.25) is 0 Å². The van der Waals surface area contributed by atoms with Crippen LogP contribution in [0.5, 0.6) is 5.75 Å². The van der Waals surface area contributed by atoms with Crippen molar-refractivity contribution in [2.24, 2.45) is 5.73 Å². The fourth-order valence-electron chi connectivity index (χ4n) is 1.18. The molecule has 0 bridgehead atoms. The molecule has 0 heterocycles. The minimum Gasteiger partial charge on any atom is -0.508 e. The van der Waals surface area contributed by atoms with E-state index in [1.807, 2.05) is 0 Å². The van der Waals surface area contributed by atoms with Crippen molar-refractivity contribution in [3.63, 3.8) is 0 Å². The predicted molar refractivity (Wildman–Crippen MR) is 56.3 cm³/mol. The average molecular weight is 209 g/mol. The molecule has 0 aromatic heterocycles. The summed E-state index contributed by atoms with van der Waals surface area (Å²) in [6.45, 7) is 3.49. The van der Waals surface area contributed by atoms with E-state index < -0.39 is 12.0 Å². The highest BCUT2D eigenvalue weighted by Gasteiger charge is 2.20. The van der Waals surface area contributed by atoms with E-state index in [2.05, 4.69) is 0 Å². The van der Waals surface area contributed by atoms with E-state index in [9.17, 15) is 9.90 Å². The van der Waals surface area contributed by atoms with Crippen molar-refractivity contribution < 1.29 is 14.6 Å². The molecule has 1 aromatic rings. The van der Waals surface area contributed by atoms with Gasteiger partial charge >= 0.3 is 5.97 Å². The first-order valence-electron chi connectivity index (χ1n) is 4.76. The third-order valence-electron chi connectivity index (χ3n) is 1.88. The summed E-state index contributed by atoms with van der Waals surface area (Å²) in [7, 11) is 0. The minimum atomic E-state index is -0.936. The first kappa shape index (κ1) is 11.5. The van der Waals surface area contributed by atoms with Crippen molar-refractivity contribution in [3.8, 4) is 5.75 Å². The standard InChI is InChI=1S/C11H15NO3/c1-7(2)15-11(14)10(12)8-5-3-4-6-9(8)13/h3-7,10,13H,12H2,1-2H3. The van der Waals surface area contributed by atoms with Crippen LogP contribution in [-0.4, -0.2) is 17.2 Å². The Kier molecular flexibility index (Phi) is 3.68. The van der Waals surface area contributed by atoms with E-state index in [0.717, 1.165) is 0 Å². The number of hydrogen-bond acceptors (Lipinski definition) is 4. The van der Waals surface area contributed by atoms with Gasteiger partial charge in [0.25, 0.3) is 0 Å². The molecule has 1 rings (SSSR count). The molecule has 4 heteroatoms. The molecule has 3 N–H and O–H groups in total. The van der Waals surface area contributed by atoms with Gasteiger partial charge in [-0.1, -0.05) is 18.2 Å². The number of carbonyl (C=O) groups excluding carboxylic acids is 1. The number of nitrogens with two attached hydrogens (primary N) is 1. The molecule has 1 aromatic carbocycles. The molecule has 0 saturated heterocycles. The summed E-state index contributed by atoms with van der Waals surface area (Å²) in [5.41, 5.74) is 6.03. The highest BCUT2D eigenvalue weighted by Crippen LogP contribution is 2.22. The van der Waals surface area contributed by atoms with Crippen molar-refractivity contribution in [1.82, 2.24) is 0 Å². The van der Waals surface area contributed by atoms with Gasteiger partial charge in [-0.3, -0.25) is 0 Å². The van der Waals surface area contributed by atoms with E-state index >= 15 is 0 Å². The van der Waals surface area contributed by atoms with Crippen molar-refractivity contribution in [2.45, 2.75) is 26.0 Å². The van der Waals surface area contributed by atoms with Crippen molar-refractivity contribution >= 4 is 5.97 Å². The van der Waals surface area contributed by atoms with Gasteiger partial charge in [0.05, 0.1) is 6.10 Å². The first-order valence-corrected chi connectivity index (χ1v) is 4.76. The molecule has 0 fully saturated rings. The number of hydrogen-bond donors (Lipinski definition) is 2. The van der Waals surface area contributed by atoms with E-state index in [4.69, 9.17) is 10.5 Å². The molecule has 0 amide bonds. The molecule has 0 aliphatic heterocycles. The van der Waals surface area contributed by atoms with Gasteiger partial charge in [0.15, 0.2) is 0 Å². The summed E-state index contributed by atoms with van der Waals surface area (Å²) >= 11 is 0. The second-order valence-electron chi connectivity index (χ2n) is 3.52. The number of phenolic OH excluding ortho intramolecular Hbond substituents is 1. The van der Waals surface area contributed by atoms with Crippen molar-refractivity contribution in [2.75, 3.05) is 0 Å². The van der Waals surface area contributed by atoms with Crippen LogP contribution < -0.4 is 5.73 Å². The maximum absolute atomic E-state index is 11.4. The maximum Gasteiger partial charge on any atom is 0.327 e. The summed E-state index contributed by atoms with van der Waals surface area (Å²) < 4.78 is 4.95. The van der Waals surface area contributed by atoms with Crippen LogP contribution in [0.1, 0.15) is 25.5 Å². The first-order chi connectivity index (χ1) is 7.02. The molecule has 15 heavy (non-hydrogen) atoms. The lowest BCUT2D eigenvalue weighted by molar-refractivity contribution is -0.149. The van der Waals surface area contributed by atoms with Crippen LogP contribution in [0.15, 0.2) is 24.3 Å². The largest absolute Gasteiger partial charge is 0.508 e. The Labute approximate surface area is 88.7 Å². The summed E-state index contributed by atoms with van der Waals surface area (Å²) in [6.07, 6.45) is -0.214. The summed E-state index contributed by atoms with van der Waals surface area (Å²) in [5.74, 6) is -0.530. The number of phenols is 1. The smallest absolute Gasteiger partial charge is 0.327 e. The van der Waals surface area contributed by atoms with Crippen LogP contribution in [0, 0.1) is 0 Å². The predicted octanol–water partition coefficient (Wildman–Crippen LogP) is 1.34. The lowest BCUT2D eigenvalue weighted by atomic mass is 10.1. The number of ether oxygens (including phenoxy) is 1. The van der Waals surface area contributed by atoms with Gasteiger partial charge in [0.1, 0.15) is 11.8 Å². The van der Waals surface area contributed by atoms with Gasteiger partial charge in [-0.05, 0) is 19.9 Å². The number of benzene rings is 1. The summed E-state index contributed by atoms with van der Waals surface area (Å²) in [6, 6.07) is 5.52. The van der Waals surface area contributed by atoms with E-state index in [-0.39, 0.29) is 11.9 Å². The van der Waals surface area contributed by atoms with Gasteiger partial charge < -0.3 is 15.6 Å². The van der Waals surface area contributed by atoms with Gasteiger partial charge in [-0.2, -0.15) is 0 Å².